The number of benzene rings is 2. The molecular formula is C31H37Cl2N5O4. The normalized spacial score (nSPS) is 24.9. The lowest BCUT2D eigenvalue weighted by molar-refractivity contribution is -0.136. The van der Waals surface area contributed by atoms with E-state index < -0.39 is 5.41 Å². The summed E-state index contributed by atoms with van der Waals surface area (Å²) >= 11 is 12.6. The SMILES string of the molecule is O=C(CN1CCN(C(=O)N2CCCC(C3(Cc4cccc(Cl)c4)C(=O)Nc4cc(Cl)ccc43)C2)CC1)N1CCOCC1. The number of amides is 4. The minimum Gasteiger partial charge on any atom is -0.378 e. The number of nitrogens with one attached hydrogen (secondary N) is 1. The number of ether oxygens (including phenoxy) is 1. The second kappa shape index (κ2) is 12.4. The summed E-state index contributed by atoms with van der Waals surface area (Å²) in [6.45, 7) is 6.46. The number of urea groups is 1. The molecule has 4 amide bonds. The van der Waals surface area contributed by atoms with Crippen molar-refractivity contribution in [2.24, 2.45) is 5.92 Å². The lowest BCUT2D eigenvalue weighted by atomic mass is 9.65. The third-order valence-electron chi connectivity index (χ3n) is 9.24. The second-order valence-corrected chi connectivity index (χ2v) is 12.6. The van der Waals surface area contributed by atoms with Gasteiger partial charge in [0, 0.05) is 68.1 Å². The van der Waals surface area contributed by atoms with E-state index in [1.54, 1.807) is 0 Å². The number of fused-ring (bicyclic) bond motifs is 1. The number of carbonyl (C=O) groups excluding carboxylic acids is 3. The zero-order valence-corrected chi connectivity index (χ0v) is 25.2. The van der Waals surface area contributed by atoms with Gasteiger partial charge in [0.25, 0.3) is 0 Å². The monoisotopic (exact) mass is 613 g/mol. The maximum Gasteiger partial charge on any atom is 0.320 e. The Bertz CT molecular complexity index is 1340. The minimum atomic E-state index is -0.845. The fraction of sp³-hybridized carbons (Fsp3) is 0.516. The van der Waals surface area contributed by atoms with Crippen molar-refractivity contribution in [3.8, 4) is 0 Å². The Kier molecular flexibility index (Phi) is 8.63. The molecule has 4 heterocycles. The average molecular weight is 615 g/mol. The van der Waals surface area contributed by atoms with Crippen molar-refractivity contribution in [1.29, 1.82) is 0 Å². The molecule has 42 heavy (non-hydrogen) atoms. The van der Waals surface area contributed by atoms with Crippen LogP contribution in [0.5, 0.6) is 0 Å². The zero-order chi connectivity index (χ0) is 29.3. The molecule has 0 radical (unpaired) electrons. The largest absolute Gasteiger partial charge is 0.378 e. The summed E-state index contributed by atoms with van der Waals surface area (Å²) in [7, 11) is 0. The van der Waals surface area contributed by atoms with Crippen LogP contribution in [0, 0.1) is 5.92 Å². The van der Waals surface area contributed by atoms with Crippen LogP contribution in [-0.4, -0.2) is 110 Å². The smallest absolute Gasteiger partial charge is 0.320 e. The predicted octanol–water partition coefficient (Wildman–Crippen LogP) is 3.73. The number of piperidine rings is 1. The molecule has 6 rings (SSSR count). The Hall–Kier alpha value is -2.85. The maximum absolute atomic E-state index is 13.9. The first-order valence-corrected chi connectivity index (χ1v) is 15.6. The molecule has 2 atom stereocenters. The van der Waals surface area contributed by atoms with E-state index in [1.165, 1.54) is 0 Å². The molecule has 11 heteroatoms. The van der Waals surface area contributed by atoms with Crippen molar-refractivity contribution >= 4 is 46.7 Å². The molecule has 0 saturated carbocycles. The van der Waals surface area contributed by atoms with Gasteiger partial charge in [-0.2, -0.15) is 0 Å². The van der Waals surface area contributed by atoms with Crippen LogP contribution in [0.4, 0.5) is 10.5 Å². The van der Waals surface area contributed by atoms with E-state index in [1.807, 2.05) is 57.2 Å². The van der Waals surface area contributed by atoms with E-state index in [-0.39, 0.29) is 23.8 Å². The molecular weight excluding hydrogens is 577 g/mol. The number of halogens is 2. The van der Waals surface area contributed by atoms with E-state index >= 15 is 0 Å². The number of likely N-dealkylation sites (tertiary alicyclic amines) is 1. The molecule has 4 aliphatic rings. The summed E-state index contributed by atoms with van der Waals surface area (Å²) in [5.41, 5.74) is 1.80. The molecule has 2 aromatic carbocycles. The van der Waals surface area contributed by atoms with Gasteiger partial charge in [0.15, 0.2) is 0 Å². The number of piperazine rings is 1. The number of morpholine rings is 1. The average Bonchev–Trinajstić information content (AvgIpc) is 3.28. The van der Waals surface area contributed by atoms with Gasteiger partial charge < -0.3 is 24.8 Å². The second-order valence-electron chi connectivity index (χ2n) is 11.7. The molecule has 9 nitrogen and oxygen atoms in total. The van der Waals surface area contributed by atoms with E-state index in [4.69, 9.17) is 27.9 Å². The lowest BCUT2D eigenvalue weighted by Crippen LogP contribution is -2.58. The highest BCUT2D eigenvalue weighted by Crippen LogP contribution is 2.49. The predicted molar refractivity (Wildman–Crippen MR) is 162 cm³/mol. The van der Waals surface area contributed by atoms with Crippen LogP contribution in [0.15, 0.2) is 42.5 Å². The first-order chi connectivity index (χ1) is 20.3. The van der Waals surface area contributed by atoms with Crippen molar-refractivity contribution in [2.45, 2.75) is 24.7 Å². The number of rotatable bonds is 5. The number of carbonyl (C=O) groups is 3. The van der Waals surface area contributed by atoms with E-state index in [0.29, 0.717) is 88.6 Å². The summed E-state index contributed by atoms with van der Waals surface area (Å²) in [6.07, 6.45) is 2.13. The summed E-state index contributed by atoms with van der Waals surface area (Å²) in [5.74, 6) is -0.0139. The van der Waals surface area contributed by atoms with Gasteiger partial charge in [-0.1, -0.05) is 41.4 Å². The molecule has 0 aromatic heterocycles. The Labute approximate surface area is 256 Å². The molecule has 4 aliphatic heterocycles. The number of anilines is 1. The topological polar surface area (TPSA) is 85.4 Å². The van der Waals surface area contributed by atoms with Gasteiger partial charge in [0.05, 0.1) is 25.2 Å². The summed E-state index contributed by atoms with van der Waals surface area (Å²) < 4.78 is 5.36. The van der Waals surface area contributed by atoms with Crippen LogP contribution in [0.3, 0.4) is 0 Å². The maximum atomic E-state index is 13.9. The molecule has 3 saturated heterocycles. The first kappa shape index (κ1) is 29.2. The quantitative estimate of drug-likeness (QED) is 0.555. The van der Waals surface area contributed by atoms with E-state index in [0.717, 1.165) is 29.7 Å². The van der Waals surface area contributed by atoms with E-state index in [2.05, 4.69) is 10.2 Å². The van der Waals surface area contributed by atoms with Gasteiger partial charge in [-0.15, -0.1) is 0 Å². The zero-order valence-electron chi connectivity index (χ0n) is 23.7. The fourth-order valence-electron chi connectivity index (χ4n) is 7.01. The molecule has 224 valence electrons. The van der Waals surface area contributed by atoms with Crippen LogP contribution in [0.1, 0.15) is 24.0 Å². The van der Waals surface area contributed by atoms with Gasteiger partial charge in [0.2, 0.25) is 11.8 Å². The molecule has 1 N–H and O–H groups in total. The summed E-state index contributed by atoms with van der Waals surface area (Å²) in [6, 6.07) is 13.3. The van der Waals surface area contributed by atoms with Crippen LogP contribution in [-0.2, 0) is 26.2 Å². The fourth-order valence-corrected chi connectivity index (χ4v) is 7.40. The Morgan fingerprint density at radius 3 is 2.43 bits per heavy atom. The van der Waals surface area contributed by atoms with Crippen molar-refractivity contribution < 1.29 is 19.1 Å². The van der Waals surface area contributed by atoms with Gasteiger partial charge in [-0.05, 0) is 60.6 Å². The molecule has 0 spiro atoms. The lowest BCUT2D eigenvalue weighted by Gasteiger charge is -2.44. The van der Waals surface area contributed by atoms with Crippen molar-refractivity contribution in [1.82, 2.24) is 19.6 Å². The highest BCUT2D eigenvalue weighted by molar-refractivity contribution is 6.31. The van der Waals surface area contributed by atoms with Crippen molar-refractivity contribution in [3.63, 3.8) is 0 Å². The van der Waals surface area contributed by atoms with Crippen LogP contribution in [0.2, 0.25) is 10.0 Å². The van der Waals surface area contributed by atoms with Crippen LogP contribution in [0.25, 0.3) is 0 Å². The number of nitrogens with zero attached hydrogens (tertiary/aromatic N) is 4. The van der Waals surface area contributed by atoms with Crippen LogP contribution < -0.4 is 5.32 Å². The van der Waals surface area contributed by atoms with E-state index in [9.17, 15) is 14.4 Å². The molecule has 2 unspecified atom stereocenters. The Morgan fingerprint density at radius 1 is 0.905 bits per heavy atom. The summed E-state index contributed by atoms with van der Waals surface area (Å²) in [5, 5.41) is 4.30. The third-order valence-corrected chi connectivity index (χ3v) is 9.71. The van der Waals surface area contributed by atoms with Gasteiger partial charge in [-0.25, -0.2) is 4.79 Å². The van der Waals surface area contributed by atoms with Gasteiger partial charge >= 0.3 is 6.03 Å². The Balaban J connectivity index is 1.16. The molecule has 0 bridgehead atoms. The standard InChI is InChI=1S/C31H37Cl2N5O4/c32-24-5-1-3-22(17-24)19-31(26-7-6-25(33)18-27(26)34-29(31)40)23-4-2-8-38(20-23)30(41)37-11-9-35(10-12-37)21-28(39)36-13-15-42-16-14-36/h1,3,5-7,17-18,23H,2,4,8-16,19-21H2,(H,34,40). The number of hydrogen-bond acceptors (Lipinski definition) is 5. The highest BCUT2D eigenvalue weighted by atomic mass is 35.5. The van der Waals surface area contributed by atoms with Crippen molar-refractivity contribution in [3.05, 3.63) is 63.6 Å². The van der Waals surface area contributed by atoms with Crippen LogP contribution >= 0.6 is 23.2 Å². The highest BCUT2D eigenvalue weighted by Gasteiger charge is 2.53. The van der Waals surface area contributed by atoms with Gasteiger partial charge in [-0.3, -0.25) is 14.5 Å². The minimum absolute atomic E-state index is 0.00601. The Morgan fingerprint density at radius 2 is 1.67 bits per heavy atom. The number of hydrogen-bond donors (Lipinski definition) is 1. The van der Waals surface area contributed by atoms with Crippen molar-refractivity contribution in [2.75, 3.05) is 77.4 Å². The van der Waals surface area contributed by atoms with Gasteiger partial charge in [0.1, 0.15) is 0 Å². The molecule has 2 aromatic rings. The third kappa shape index (κ3) is 5.84. The summed E-state index contributed by atoms with van der Waals surface area (Å²) in [4.78, 5) is 48.2. The molecule has 0 aliphatic carbocycles. The first-order valence-electron chi connectivity index (χ1n) is 14.8. The molecule has 3 fully saturated rings.